The Hall–Kier alpha value is 0. The van der Waals surface area contributed by atoms with Crippen molar-refractivity contribution in [3.63, 3.8) is 0 Å². The maximum atomic E-state index is 2.38. The molecule has 0 heteroatoms. The number of hydrogen-bond donors (Lipinski definition) is 0. The van der Waals surface area contributed by atoms with Gasteiger partial charge >= 0.3 is 0 Å². The quantitative estimate of drug-likeness (QED) is 0.576. The molecule has 0 aromatic carbocycles. The van der Waals surface area contributed by atoms with Gasteiger partial charge in [0.25, 0.3) is 0 Å². The lowest BCUT2D eigenvalue weighted by Gasteiger charge is -2.26. The lowest BCUT2D eigenvalue weighted by Crippen LogP contribution is -2.18. The van der Waals surface area contributed by atoms with E-state index in [9.17, 15) is 0 Å². The summed E-state index contributed by atoms with van der Waals surface area (Å²) < 4.78 is 0. The van der Waals surface area contributed by atoms with E-state index in [4.69, 9.17) is 0 Å². The van der Waals surface area contributed by atoms with Crippen molar-refractivity contribution in [2.75, 3.05) is 0 Å². The summed E-state index contributed by atoms with van der Waals surface area (Å²) in [5, 5.41) is 0. The highest BCUT2D eigenvalue weighted by Crippen LogP contribution is 2.40. The van der Waals surface area contributed by atoms with Crippen LogP contribution in [0.25, 0.3) is 0 Å². The minimum atomic E-state index is 0.833. The molecule has 0 amide bonds. The molecule has 2 unspecified atom stereocenters. The van der Waals surface area contributed by atoms with Gasteiger partial charge < -0.3 is 0 Å². The van der Waals surface area contributed by atoms with Crippen LogP contribution in [0.4, 0.5) is 0 Å². The van der Waals surface area contributed by atoms with Gasteiger partial charge in [-0.2, -0.15) is 0 Å². The minimum Gasteiger partial charge on any atom is -0.0630 e. The average Bonchev–Trinajstić information content (AvgIpc) is 2.49. The van der Waals surface area contributed by atoms with E-state index in [1.165, 1.54) is 19.3 Å². The SMILES string of the molecule is CC(C)C.CC(C)C1CCCC1C(C)C. The summed E-state index contributed by atoms with van der Waals surface area (Å²) in [5.41, 5.74) is 0. The lowest BCUT2D eigenvalue weighted by atomic mass is 9.80. The van der Waals surface area contributed by atoms with Crippen molar-refractivity contribution in [2.45, 2.75) is 67.7 Å². The smallest absolute Gasteiger partial charge is 0.0360 e. The maximum absolute atomic E-state index is 2.38. The Balaban J connectivity index is 0.000000423. The van der Waals surface area contributed by atoms with Crippen molar-refractivity contribution < 1.29 is 0 Å². The largest absolute Gasteiger partial charge is 0.0630 e. The fraction of sp³-hybridized carbons (Fsp3) is 1.00. The Bertz CT molecular complexity index is 127. The van der Waals surface area contributed by atoms with Crippen LogP contribution in [0.3, 0.4) is 0 Å². The van der Waals surface area contributed by atoms with Gasteiger partial charge in [-0.15, -0.1) is 0 Å². The van der Waals surface area contributed by atoms with Crippen LogP contribution in [0.1, 0.15) is 67.7 Å². The zero-order valence-corrected chi connectivity index (χ0v) is 12.0. The zero-order valence-electron chi connectivity index (χ0n) is 12.0. The van der Waals surface area contributed by atoms with E-state index in [2.05, 4.69) is 48.5 Å². The monoisotopic (exact) mass is 212 g/mol. The topological polar surface area (TPSA) is 0 Å². The average molecular weight is 212 g/mol. The summed E-state index contributed by atoms with van der Waals surface area (Å²) >= 11 is 0. The lowest BCUT2D eigenvalue weighted by molar-refractivity contribution is 0.235. The molecular weight excluding hydrogens is 180 g/mol. The van der Waals surface area contributed by atoms with E-state index in [1.807, 2.05) is 0 Å². The fourth-order valence-electron chi connectivity index (χ4n) is 2.67. The third kappa shape index (κ3) is 6.22. The second kappa shape index (κ2) is 7.30. The first kappa shape index (κ1) is 15.0. The molecule has 1 aliphatic carbocycles. The standard InChI is InChI=1S/C11H22.C4H10/c1-8(2)10-6-5-7-11(10)9(3)4;1-4(2)3/h8-11H,5-7H2,1-4H3;4H,1-3H3. The van der Waals surface area contributed by atoms with E-state index in [0.29, 0.717) is 0 Å². The van der Waals surface area contributed by atoms with Gasteiger partial charge in [-0.05, 0) is 42.4 Å². The van der Waals surface area contributed by atoms with Gasteiger partial charge in [-0.3, -0.25) is 0 Å². The molecule has 1 fully saturated rings. The van der Waals surface area contributed by atoms with E-state index in [1.54, 1.807) is 0 Å². The summed E-state index contributed by atoms with van der Waals surface area (Å²) in [5.74, 6) is 4.69. The second-order valence-corrected chi connectivity index (χ2v) is 6.48. The van der Waals surface area contributed by atoms with Crippen LogP contribution in [0.5, 0.6) is 0 Å². The van der Waals surface area contributed by atoms with E-state index >= 15 is 0 Å². The highest BCUT2D eigenvalue weighted by Gasteiger charge is 2.31. The van der Waals surface area contributed by atoms with Gasteiger partial charge in [0, 0.05) is 0 Å². The molecule has 2 atom stereocenters. The van der Waals surface area contributed by atoms with E-state index < -0.39 is 0 Å². The molecule has 0 aromatic heterocycles. The third-order valence-electron chi connectivity index (χ3n) is 3.34. The van der Waals surface area contributed by atoms with Gasteiger partial charge in [0.05, 0.1) is 0 Å². The molecule has 0 spiro atoms. The van der Waals surface area contributed by atoms with Crippen molar-refractivity contribution in [2.24, 2.45) is 29.6 Å². The van der Waals surface area contributed by atoms with Gasteiger partial charge in [0.2, 0.25) is 0 Å². The van der Waals surface area contributed by atoms with Crippen molar-refractivity contribution in [3.8, 4) is 0 Å². The summed E-state index contributed by atoms with van der Waals surface area (Å²) in [4.78, 5) is 0. The summed E-state index contributed by atoms with van der Waals surface area (Å²) in [6.45, 7) is 16.0. The Morgan fingerprint density at radius 2 is 0.933 bits per heavy atom. The highest BCUT2D eigenvalue weighted by molar-refractivity contribution is 4.81. The van der Waals surface area contributed by atoms with Crippen LogP contribution in [-0.2, 0) is 0 Å². The first-order valence-corrected chi connectivity index (χ1v) is 6.86. The molecule has 0 heterocycles. The van der Waals surface area contributed by atoms with Crippen LogP contribution in [0.15, 0.2) is 0 Å². The molecule has 15 heavy (non-hydrogen) atoms. The predicted octanol–water partition coefficient (Wildman–Crippen LogP) is 5.38. The van der Waals surface area contributed by atoms with Crippen LogP contribution in [0, 0.1) is 29.6 Å². The fourth-order valence-corrected chi connectivity index (χ4v) is 2.67. The molecule has 1 aliphatic rings. The van der Waals surface area contributed by atoms with Gasteiger partial charge in [-0.25, -0.2) is 0 Å². The first-order chi connectivity index (χ1) is 6.86. The molecule has 0 radical (unpaired) electrons. The van der Waals surface area contributed by atoms with E-state index in [-0.39, 0.29) is 0 Å². The van der Waals surface area contributed by atoms with Gasteiger partial charge in [0.15, 0.2) is 0 Å². The normalized spacial score (nSPS) is 26.0. The van der Waals surface area contributed by atoms with Crippen LogP contribution in [-0.4, -0.2) is 0 Å². The summed E-state index contributed by atoms with van der Waals surface area (Å²) in [7, 11) is 0. The second-order valence-electron chi connectivity index (χ2n) is 6.48. The Kier molecular flexibility index (Phi) is 7.30. The molecule has 1 rings (SSSR count). The maximum Gasteiger partial charge on any atom is -0.0360 e. The highest BCUT2D eigenvalue weighted by atomic mass is 14.4. The Morgan fingerprint density at radius 1 is 0.667 bits per heavy atom. The minimum absolute atomic E-state index is 0.833. The van der Waals surface area contributed by atoms with Crippen molar-refractivity contribution in [1.82, 2.24) is 0 Å². The van der Waals surface area contributed by atoms with Crippen molar-refractivity contribution >= 4 is 0 Å². The van der Waals surface area contributed by atoms with Crippen molar-refractivity contribution in [3.05, 3.63) is 0 Å². The third-order valence-corrected chi connectivity index (χ3v) is 3.34. The van der Waals surface area contributed by atoms with Gasteiger partial charge in [0.1, 0.15) is 0 Å². The molecule has 0 aromatic rings. The molecule has 0 bridgehead atoms. The Morgan fingerprint density at radius 3 is 1.13 bits per heavy atom. The van der Waals surface area contributed by atoms with Crippen LogP contribution >= 0.6 is 0 Å². The molecule has 1 saturated carbocycles. The zero-order chi connectivity index (χ0) is 12.0. The van der Waals surface area contributed by atoms with Crippen LogP contribution in [0.2, 0.25) is 0 Å². The predicted molar refractivity (Wildman–Crippen MR) is 71.0 cm³/mol. The Labute approximate surface area is 97.8 Å². The van der Waals surface area contributed by atoms with Gasteiger partial charge in [-0.1, -0.05) is 54.9 Å². The first-order valence-electron chi connectivity index (χ1n) is 6.86. The molecule has 0 nitrogen and oxygen atoms in total. The number of rotatable bonds is 2. The van der Waals surface area contributed by atoms with E-state index in [0.717, 1.165) is 29.6 Å². The summed E-state index contributed by atoms with van der Waals surface area (Å²) in [6.07, 6.45) is 4.45. The molecular formula is C15H32. The van der Waals surface area contributed by atoms with Crippen LogP contribution < -0.4 is 0 Å². The summed E-state index contributed by atoms with van der Waals surface area (Å²) in [6, 6.07) is 0. The molecule has 0 N–H and O–H groups in total. The number of hydrogen-bond acceptors (Lipinski definition) is 0. The molecule has 0 saturated heterocycles. The molecule has 92 valence electrons. The molecule has 0 aliphatic heterocycles. The van der Waals surface area contributed by atoms with Crippen molar-refractivity contribution in [1.29, 1.82) is 0 Å².